The monoisotopic (exact) mass is 502 g/mol. The molecule has 0 amide bonds. The summed E-state index contributed by atoms with van der Waals surface area (Å²) in [4.78, 5) is 37.8. The highest BCUT2D eigenvalue weighted by molar-refractivity contribution is 6.05. The van der Waals surface area contributed by atoms with Crippen LogP contribution in [-0.2, 0) is 33.3 Å². The zero-order chi connectivity index (χ0) is 26.2. The predicted octanol–water partition coefficient (Wildman–Crippen LogP) is 3.67. The van der Waals surface area contributed by atoms with Crippen molar-refractivity contribution in [3.8, 4) is 0 Å². The van der Waals surface area contributed by atoms with Crippen molar-refractivity contribution < 1.29 is 38.4 Å². The molecule has 1 N–H and O–H groups in total. The molecule has 3 fully saturated rings. The minimum absolute atomic E-state index is 0.0764. The maximum Gasteiger partial charge on any atom is 0.306 e. The number of aliphatic hydroxyl groups excluding tert-OH is 1. The van der Waals surface area contributed by atoms with Gasteiger partial charge in [-0.1, -0.05) is 6.92 Å². The van der Waals surface area contributed by atoms with E-state index >= 15 is 0 Å². The standard InChI is InChI=1S/C28H38O8/c1-26(2)35-24-19(29)12-18-14(10-21(31)33-5)9-16-17-8-7-15(11-22(32)34-6)27(17,3)13-20(30)23(16)28(18,4)25(24)36-26/h12,14-17,20,23,30H,7-11,13H2,1-6H3/t14-,15+,16+,17+,20+,23-,27-,28+/m1/s1. The van der Waals surface area contributed by atoms with Crippen molar-refractivity contribution in [3.05, 3.63) is 23.2 Å². The van der Waals surface area contributed by atoms with E-state index in [0.29, 0.717) is 25.0 Å². The lowest BCUT2D eigenvalue weighted by Gasteiger charge is -2.60. The Hall–Kier alpha value is -2.35. The topological polar surface area (TPSA) is 108 Å². The summed E-state index contributed by atoms with van der Waals surface area (Å²) in [6.45, 7) is 7.79. The van der Waals surface area contributed by atoms with Crippen molar-refractivity contribution in [3.63, 3.8) is 0 Å². The number of hydrogen-bond acceptors (Lipinski definition) is 8. The van der Waals surface area contributed by atoms with Gasteiger partial charge in [0.15, 0.2) is 5.76 Å². The zero-order valence-electron chi connectivity index (χ0n) is 22.1. The van der Waals surface area contributed by atoms with Crippen LogP contribution >= 0.6 is 0 Å². The zero-order valence-corrected chi connectivity index (χ0v) is 22.1. The summed E-state index contributed by atoms with van der Waals surface area (Å²) in [7, 11) is 2.79. The molecule has 0 spiro atoms. The van der Waals surface area contributed by atoms with E-state index in [4.69, 9.17) is 18.9 Å². The lowest BCUT2D eigenvalue weighted by atomic mass is 9.44. The Morgan fingerprint density at radius 1 is 1.06 bits per heavy atom. The molecule has 8 heteroatoms. The number of rotatable bonds is 4. The highest BCUT2D eigenvalue weighted by atomic mass is 16.7. The first-order valence-electron chi connectivity index (χ1n) is 13.1. The van der Waals surface area contributed by atoms with Crippen LogP contribution < -0.4 is 0 Å². The van der Waals surface area contributed by atoms with Crippen LogP contribution in [0.3, 0.4) is 0 Å². The van der Waals surface area contributed by atoms with E-state index in [0.717, 1.165) is 18.4 Å². The minimum atomic E-state index is -0.996. The highest BCUT2D eigenvalue weighted by Gasteiger charge is 2.67. The minimum Gasteiger partial charge on any atom is -0.469 e. The third kappa shape index (κ3) is 3.54. The summed E-state index contributed by atoms with van der Waals surface area (Å²) < 4.78 is 22.3. The quantitative estimate of drug-likeness (QED) is 0.580. The molecule has 0 radical (unpaired) electrons. The molecule has 8 nitrogen and oxygen atoms in total. The van der Waals surface area contributed by atoms with Crippen molar-refractivity contribution in [2.75, 3.05) is 14.2 Å². The summed E-state index contributed by atoms with van der Waals surface area (Å²) >= 11 is 0. The Morgan fingerprint density at radius 2 is 1.72 bits per heavy atom. The van der Waals surface area contributed by atoms with Gasteiger partial charge >= 0.3 is 11.9 Å². The number of ketones is 1. The number of esters is 2. The second-order valence-corrected chi connectivity index (χ2v) is 12.3. The Kier molecular flexibility index (Phi) is 5.86. The van der Waals surface area contributed by atoms with E-state index in [1.165, 1.54) is 14.2 Å². The van der Waals surface area contributed by atoms with Crippen LogP contribution in [0.4, 0.5) is 0 Å². The van der Waals surface area contributed by atoms with Gasteiger partial charge in [0.05, 0.1) is 32.2 Å². The molecule has 4 aliphatic carbocycles. The van der Waals surface area contributed by atoms with E-state index in [-0.39, 0.29) is 64.9 Å². The molecule has 8 atom stereocenters. The van der Waals surface area contributed by atoms with Crippen LogP contribution in [-0.4, -0.2) is 48.9 Å². The molecule has 3 saturated carbocycles. The third-order valence-corrected chi connectivity index (χ3v) is 10.1. The van der Waals surface area contributed by atoms with E-state index in [1.807, 2.05) is 6.92 Å². The van der Waals surface area contributed by atoms with Crippen LogP contribution in [0.5, 0.6) is 0 Å². The van der Waals surface area contributed by atoms with Crippen molar-refractivity contribution in [1.82, 2.24) is 0 Å². The highest BCUT2D eigenvalue weighted by Crippen LogP contribution is 2.69. The molecule has 198 valence electrons. The molecule has 36 heavy (non-hydrogen) atoms. The predicted molar refractivity (Wildman–Crippen MR) is 128 cm³/mol. The maximum atomic E-state index is 13.1. The number of aliphatic hydroxyl groups is 1. The fourth-order valence-electron chi connectivity index (χ4n) is 8.64. The van der Waals surface area contributed by atoms with Gasteiger partial charge in [0.25, 0.3) is 0 Å². The van der Waals surface area contributed by atoms with Crippen LogP contribution in [0.1, 0.15) is 66.2 Å². The van der Waals surface area contributed by atoms with Crippen LogP contribution in [0.25, 0.3) is 0 Å². The van der Waals surface area contributed by atoms with Gasteiger partial charge in [0.2, 0.25) is 17.3 Å². The lowest BCUT2D eigenvalue weighted by molar-refractivity contribution is -0.162. The largest absolute Gasteiger partial charge is 0.469 e. The second kappa shape index (κ2) is 8.33. The Balaban J connectivity index is 1.60. The number of hydrogen-bond donors (Lipinski definition) is 1. The summed E-state index contributed by atoms with van der Waals surface area (Å²) in [5.74, 6) is -1.08. The molecule has 5 aliphatic rings. The fourth-order valence-corrected chi connectivity index (χ4v) is 8.64. The smallest absolute Gasteiger partial charge is 0.306 e. The average Bonchev–Trinajstić information content (AvgIpc) is 3.31. The summed E-state index contributed by atoms with van der Waals surface area (Å²) in [6, 6.07) is 0. The average molecular weight is 503 g/mol. The molecular weight excluding hydrogens is 464 g/mol. The van der Waals surface area contributed by atoms with Gasteiger partial charge in [-0.25, -0.2) is 0 Å². The Labute approximate surface area is 212 Å². The first-order chi connectivity index (χ1) is 16.9. The van der Waals surface area contributed by atoms with Crippen molar-refractivity contribution in [2.24, 2.45) is 40.4 Å². The van der Waals surface area contributed by atoms with E-state index in [9.17, 15) is 19.5 Å². The number of allylic oxidation sites excluding steroid dienone is 2. The molecule has 1 aliphatic heterocycles. The molecule has 5 rings (SSSR count). The first kappa shape index (κ1) is 25.3. The summed E-state index contributed by atoms with van der Waals surface area (Å²) in [5.41, 5.74) is -0.193. The van der Waals surface area contributed by atoms with Crippen molar-refractivity contribution in [1.29, 1.82) is 0 Å². The van der Waals surface area contributed by atoms with Crippen molar-refractivity contribution in [2.45, 2.75) is 78.1 Å². The van der Waals surface area contributed by atoms with Gasteiger partial charge in [-0.15, -0.1) is 0 Å². The summed E-state index contributed by atoms with van der Waals surface area (Å²) in [6.07, 6.45) is 4.52. The molecule has 0 aromatic heterocycles. The van der Waals surface area contributed by atoms with Crippen molar-refractivity contribution >= 4 is 17.7 Å². The molecule has 0 aromatic carbocycles. The molecule has 0 aromatic rings. The van der Waals surface area contributed by atoms with Gasteiger partial charge in [-0.05, 0) is 73.3 Å². The van der Waals surface area contributed by atoms with Crippen LogP contribution in [0.15, 0.2) is 23.2 Å². The van der Waals surface area contributed by atoms with E-state index in [2.05, 4.69) is 6.92 Å². The molecule has 0 unspecified atom stereocenters. The number of ether oxygens (including phenoxy) is 4. The van der Waals surface area contributed by atoms with E-state index < -0.39 is 17.3 Å². The number of fused-ring (bicyclic) bond motifs is 6. The SMILES string of the molecule is COC(=O)C[C@H]1C[C@@H]2[C@H]([C@@H](O)C[C@]3(C)[C@H](CC(=O)OC)CC[C@@H]23)[C@]2(C)C1=CC(=O)C1=C2OC(C)(C)O1. The summed E-state index contributed by atoms with van der Waals surface area (Å²) in [5, 5.41) is 11.8. The first-order valence-corrected chi connectivity index (χ1v) is 13.1. The molecule has 0 bridgehead atoms. The number of carbonyl (C=O) groups is 3. The number of carbonyl (C=O) groups excluding carboxylic acids is 3. The molecule has 1 heterocycles. The second-order valence-electron chi connectivity index (χ2n) is 12.3. The van der Waals surface area contributed by atoms with Crippen LogP contribution in [0, 0.1) is 40.4 Å². The fraction of sp³-hybridized carbons (Fsp3) is 0.750. The van der Waals surface area contributed by atoms with E-state index in [1.54, 1.807) is 19.9 Å². The molecule has 0 saturated heterocycles. The van der Waals surface area contributed by atoms with Gasteiger partial charge in [-0.3, -0.25) is 14.4 Å². The lowest BCUT2D eigenvalue weighted by Crippen LogP contribution is -2.59. The normalized spacial score (nSPS) is 42.2. The number of methoxy groups -OCH3 is 2. The Bertz CT molecular complexity index is 1060. The maximum absolute atomic E-state index is 13.1. The van der Waals surface area contributed by atoms with Gasteiger partial charge < -0.3 is 24.1 Å². The van der Waals surface area contributed by atoms with Crippen LogP contribution in [0.2, 0.25) is 0 Å². The third-order valence-electron chi connectivity index (χ3n) is 10.1. The molecular formula is C28H38O8. The van der Waals surface area contributed by atoms with Gasteiger partial charge in [0, 0.05) is 26.2 Å². The Morgan fingerprint density at radius 3 is 2.39 bits per heavy atom. The van der Waals surface area contributed by atoms with Gasteiger partial charge in [-0.2, -0.15) is 0 Å². The van der Waals surface area contributed by atoms with Gasteiger partial charge in [0.1, 0.15) is 0 Å².